The zero-order valence-electron chi connectivity index (χ0n) is 21.3. The van der Waals surface area contributed by atoms with Crippen molar-refractivity contribution in [2.24, 2.45) is 5.92 Å². The van der Waals surface area contributed by atoms with E-state index in [0.717, 1.165) is 48.7 Å². The predicted octanol–water partition coefficient (Wildman–Crippen LogP) is 4.48. The van der Waals surface area contributed by atoms with E-state index in [1.165, 1.54) is 5.56 Å². The number of nitro benzene ring substituents is 1. The number of rotatable bonds is 8. The Hall–Kier alpha value is -3.62. The molecule has 2 atom stereocenters. The largest absolute Gasteiger partial charge is 0.497 e. The van der Waals surface area contributed by atoms with Gasteiger partial charge in [0.15, 0.2) is 0 Å². The average molecular weight is 535 g/mol. The lowest BCUT2D eigenvalue weighted by atomic mass is 9.83. The number of nitrogens with one attached hydrogen (secondary N) is 1. The maximum absolute atomic E-state index is 13.5. The number of benzene rings is 3. The zero-order chi connectivity index (χ0) is 26.6. The van der Waals surface area contributed by atoms with Crippen molar-refractivity contribution in [2.75, 3.05) is 38.2 Å². The molecule has 1 amide bonds. The number of hydrogen-bond donors (Lipinski definition) is 1. The van der Waals surface area contributed by atoms with E-state index in [2.05, 4.69) is 15.1 Å². The molecule has 1 fully saturated rings. The number of non-ortho nitro benzene ring substituents is 1. The Kier molecular flexibility index (Phi) is 7.81. The summed E-state index contributed by atoms with van der Waals surface area (Å²) in [6.45, 7) is 3.61. The Labute approximate surface area is 227 Å². The molecule has 5 rings (SSSR count). The Morgan fingerprint density at radius 3 is 2.53 bits per heavy atom. The van der Waals surface area contributed by atoms with E-state index < -0.39 is 0 Å². The lowest BCUT2D eigenvalue weighted by Crippen LogP contribution is -2.61. The quantitative estimate of drug-likeness (QED) is 0.339. The summed E-state index contributed by atoms with van der Waals surface area (Å²) in [5.74, 6) is 0.473. The second-order valence-electron chi connectivity index (χ2n) is 9.89. The fraction of sp³-hybridized carbons (Fsp3) is 0.345. The molecule has 3 aromatic rings. The number of hydrogen-bond acceptors (Lipinski definition) is 6. The molecule has 0 bridgehead atoms. The zero-order valence-corrected chi connectivity index (χ0v) is 22.1. The summed E-state index contributed by atoms with van der Waals surface area (Å²) in [5.41, 5.74) is 4.20. The van der Waals surface area contributed by atoms with Crippen molar-refractivity contribution in [2.45, 2.75) is 25.4 Å². The van der Waals surface area contributed by atoms with Gasteiger partial charge >= 0.3 is 0 Å². The molecular weight excluding hydrogens is 504 g/mol. The summed E-state index contributed by atoms with van der Waals surface area (Å²) in [5, 5.41) is 15.3. The number of methoxy groups -OCH3 is 1. The maximum Gasteiger partial charge on any atom is 0.269 e. The van der Waals surface area contributed by atoms with E-state index in [1.807, 2.05) is 54.6 Å². The molecular formula is C29H31ClN4O4. The highest BCUT2D eigenvalue weighted by Gasteiger charge is 2.41. The van der Waals surface area contributed by atoms with Crippen LogP contribution < -0.4 is 15.0 Å². The molecule has 3 aromatic carbocycles. The number of halogens is 1. The highest BCUT2D eigenvalue weighted by atomic mass is 35.5. The Balaban J connectivity index is 1.32. The number of piperazine rings is 1. The molecule has 0 spiro atoms. The summed E-state index contributed by atoms with van der Waals surface area (Å²) >= 11 is 6.06. The standard InChI is InChI=1S/C29H31ClN4O4/c1-38-25-9-4-20(5-10-25)12-13-31-29(35)26-17-22-16-24(34(36)37)8-11-27(22)33-15-14-32(19-28(26)33)18-21-2-6-23(30)7-3-21/h2-11,16,26,28H,12-15,17-19H2,1H3,(H,31,35)/t26-,28+/m0/s1. The molecule has 2 aliphatic heterocycles. The first-order chi connectivity index (χ1) is 18.4. The molecule has 38 heavy (non-hydrogen) atoms. The van der Waals surface area contributed by atoms with E-state index in [9.17, 15) is 14.9 Å². The Morgan fingerprint density at radius 1 is 1.08 bits per heavy atom. The van der Waals surface area contributed by atoms with Gasteiger partial charge in [0.1, 0.15) is 5.75 Å². The molecule has 2 aliphatic rings. The van der Waals surface area contributed by atoms with Crippen LogP contribution in [0.1, 0.15) is 16.7 Å². The topological polar surface area (TPSA) is 87.9 Å². The normalized spacial score (nSPS) is 18.8. The van der Waals surface area contributed by atoms with E-state index in [0.29, 0.717) is 24.4 Å². The van der Waals surface area contributed by atoms with Crippen molar-refractivity contribution in [1.29, 1.82) is 0 Å². The van der Waals surface area contributed by atoms with Crippen LogP contribution in [0, 0.1) is 16.0 Å². The van der Waals surface area contributed by atoms with Crippen LogP contribution >= 0.6 is 11.6 Å². The van der Waals surface area contributed by atoms with Gasteiger partial charge in [0, 0.05) is 55.6 Å². The van der Waals surface area contributed by atoms with Crippen LogP contribution in [0.2, 0.25) is 5.02 Å². The smallest absolute Gasteiger partial charge is 0.269 e. The van der Waals surface area contributed by atoms with Crippen molar-refractivity contribution >= 4 is 28.9 Å². The minimum atomic E-state index is -0.375. The van der Waals surface area contributed by atoms with Gasteiger partial charge in [-0.25, -0.2) is 0 Å². The van der Waals surface area contributed by atoms with Gasteiger partial charge in [0.25, 0.3) is 5.69 Å². The fourth-order valence-electron chi connectivity index (χ4n) is 5.53. The minimum absolute atomic E-state index is 0.0148. The number of anilines is 1. The van der Waals surface area contributed by atoms with Crippen molar-refractivity contribution in [1.82, 2.24) is 10.2 Å². The summed E-state index contributed by atoms with van der Waals surface area (Å²) in [6.07, 6.45) is 1.18. The summed E-state index contributed by atoms with van der Waals surface area (Å²) in [6, 6.07) is 20.7. The van der Waals surface area contributed by atoms with Crippen LogP contribution in [0.15, 0.2) is 66.7 Å². The Bertz CT molecular complexity index is 1300. The fourth-order valence-corrected chi connectivity index (χ4v) is 5.65. The van der Waals surface area contributed by atoms with Crippen molar-refractivity contribution in [3.8, 4) is 5.75 Å². The first kappa shape index (κ1) is 26.0. The maximum atomic E-state index is 13.5. The lowest BCUT2D eigenvalue weighted by molar-refractivity contribution is -0.384. The molecule has 198 valence electrons. The number of nitrogens with zero attached hydrogens (tertiary/aromatic N) is 3. The van der Waals surface area contributed by atoms with Crippen molar-refractivity contribution in [3.05, 3.63) is 98.6 Å². The van der Waals surface area contributed by atoms with Crippen LogP contribution in [-0.2, 0) is 24.2 Å². The predicted molar refractivity (Wildman–Crippen MR) is 148 cm³/mol. The second kappa shape index (κ2) is 11.4. The van der Waals surface area contributed by atoms with Crippen LogP contribution in [0.3, 0.4) is 0 Å². The van der Waals surface area contributed by atoms with Crippen molar-refractivity contribution < 1.29 is 14.5 Å². The van der Waals surface area contributed by atoms with Crippen molar-refractivity contribution in [3.63, 3.8) is 0 Å². The number of fused-ring (bicyclic) bond motifs is 3. The van der Waals surface area contributed by atoms with Crippen LogP contribution in [0.5, 0.6) is 5.75 Å². The molecule has 1 N–H and O–H groups in total. The summed E-state index contributed by atoms with van der Waals surface area (Å²) in [4.78, 5) is 29.2. The summed E-state index contributed by atoms with van der Waals surface area (Å²) < 4.78 is 5.22. The highest BCUT2D eigenvalue weighted by Crippen LogP contribution is 2.38. The monoisotopic (exact) mass is 534 g/mol. The second-order valence-corrected chi connectivity index (χ2v) is 10.3. The van der Waals surface area contributed by atoms with E-state index >= 15 is 0 Å². The molecule has 0 radical (unpaired) electrons. The molecule has 0 saturated carbocycles. The van der Waals surface area contributed by atoms with E-state index in [4.69, 9.17) is 16.3 Å². The van der Waals surface area contributed by atoms with Crippen LogP contribution in [-0.4, -0.2) is 55.1 Å². The van der Waals surface area contributed by atoms with Gasteiger partial charge in [-0.2, -0.15) is 0 Å². The average Bonchev–Trinajstić information content (AvgIpc) is 2.93. The number of carbonyl (C=O) groups excluding carboxylic acids is 1. The third-order valence-electron chi connectivity index (χ3n) is 7.52. The van der Waals surface area contributed by atoms with E-state index in [-0.39, 0.29) is 28.5 Å². The highest BCUT2D eigenvalue weighted by molar-refractivity contribution is 6.30. The molecule has 9 heteroatoms. The first-order valence-corrected chi connectivity index (χ1v) is 13.2. The molecule has 0 aliphatic carbocycles. The molecule has 0 aromatic heterocycles. The van der Waals surface area contributed by atoms with Gasteiger partial charge in [-0.15, -0.1) is 0 Å². The molecule has 8 nitrogen and oxygen atoms in total. The number of nitro groups is 1. The SMILES string of the molecule is COc1ccc(CCNC(=O)[C@H]2Cc3cc([N+](=O)[O-])ccc3N3CCN(Cc4ccc(Cl)cc4)C[C@H]23)cc1. The van der Waals surface area contributed by atoms with Crippen LogP contribution in [0.4, 0.5) is 11.4 Å². The Morgan fingerprint density at radius 2 is 1.82 bits per heavy atom. The van der Waals surface area contributed by atoms with Gasteiger partial charge in [0.05, 0.1) is 24.0 Å². The molecule has 1 saturated heterocycles. The first-order valence-electron chi connectivity index (χ1n) is 12.8. The van der Waals surface area contributed by atoms with Gasteiger partial charge in [-0.05, 0) is 59.9 Å². The minimum Gasteiger partial charge on any atom is -0.497 e. The molecule has 0 unspecified atom stereocenters. The van der Waals surface area contributed by atoms with Gasteiger partial charge in [-0.3, -0.25) is 19.8 Å². The van der Waals surface area contributed by atoms with E-state index in [1.54, 1.807) is 19.2 Å². The van der Waals surface area contributed by atoms with Gasteiger partial charge in [-0.1, -0.05) is 35.9 Å². The number of carbonyl (C=O) groups is 1. The number of ether oxygens (including phenoxy) is 1. The third kappa shape index (κ3) is 5.76. The number of amides is 1. The summed E-state index contributed by atoms with van der Waals surface area (Å²) in [7, 11) is 1.64. The van der Waals surface area contributed by atoms with Gasteiger partial charge < -0.3 is 15.0 Å². The van der Waals surface area contributed by atoms with Gasteiger partial charge in [0.2, 0.25) is 5.91 Å². The molecule has 2 heterocycles. The third-order valence-corrected chi connectivity index (χ3v) is 7.77. The lowest BCUT2D eigenvalue weighted by Gasteiger charge is -2.49. The van der Waals surface area contributed by atoms with Crippen LogP contribution in [0.25, 0.3) is 0 Å².